The lowest BCUT2D eigenvalue weighted by Gasteiger charge is -2.13. The van der Waals surface area contributed by atoms with Gasteiger partial charge in [0, 0.05) is 12.3 Å². The number of rotatable bonds is 11. The van der Waals surface area contributed by atoms with Crippen LogP contribution in [-0.4, -0.2) is 46.4 Å². The van der Waals surface area contributed by atoms with Crippen LogP contribution in [-0.2, 0) is 0 Å². The molecule has 0 heterocycles. The molecule has 0 saturated heterocycles. The number of benzene rings is 3. The molecule has 0 aliphatic heterocycles. The molecule has 3 rings (SSSR count). The predicted molar refractivity (Wildman–Crippen MR) is 140 cm³/mol. The third kappa shape index (κ3) is 5.90. The van der Waals surface area contributed by atoms with Crippen LogP contribution in [0.15, 0.2) is 60.8 Å². The van der Waals surface area contributed by atoms with Gasteiger partial charge in [-0.25, -0.2) is 0 Å². The summed E-state index contributed by atoms with van der Waals surface area (Å²) in [4.78, 5) is 12.6. The van der Waals surface area contributed by atoms with Crippen LogP contribution in [0.5, 0.6) is 34.5 Å². The second-order valence-corrected chi connectivity index (χ2v) is 7.46. The Bertz CT molecular complexity index is 1260. The molecule has 0 amide bonds. The molecule has 0 bridgehead atoms. The molecule has 3 aromatic rings. The van der Waals surface area contributed by atoms with E-state index in [0.29, 0.717) is 39.8 Å². The van der Waals surface area contributed by atoms with Gasteiger partial charge in [-0.3, -0.25) is 4.79 Å². The van der Waals surface area contributed by atoms with E-state index in [1.54, 1.807) is 57.7 Å². The van der Waals surface area contributed by atoms with Crippen LogP contribution >= 0.6 is 0 Å². The number of methoxy groups -OCH3 is 5. The fraction of sp³-hybridized carbons (Fsp3) is 0.179. The van der Waals surface area contributed by atoms with Crippen molar-refractivity contribution in [1.82, 2.24) is 0 Å². The van der Waals surface area contributed by atoms with E-state index in [1.165, 1.54) is 26.5 Å². The van der Waals surface area contributed by atoms with Crippen LogP contribution in [0.25, 0.3) is 12.2 Å². The number of para-hydroxylation sites is 1. The standard InChI is InChI=1S/C28H29NO7/c1-32-24-9-7-6-8-20(24)22(30)12-13-29-21-14-18(15-23(31)27(21)35-4)10-11-19-16-25(33-2)28(36-5)26(17-19)34-3/h6-17,29,31H,1-5H3/b11-10-,13-12-. The van der Waals surface area contributed by atoms with Crippen LogP contribution in [0.1, 0.15) is 21.5 Å². The largest absolute Gasteiger partial charge is 0.504 e. The summed E-state index contributed by atoms with van der Waals surface area (Å²) >= 11 is 0. The van der Waals surface area contributed by atoms with Crippen LogP contribution in [0.3, 0.4) is 0 Å². The first-order valence-corrected chi connectivity index (χ1v) is 10.9. The van der Waals surface area contributed by atoms with Crippen LogP contribution < -0.4 is 29.0 Å². The molecule has 2 N–H and O–H groups in total. The lowest BCUT2D eigenvalue weighted by Crippen LogP contribution is -2.00. The summed E-state index contributed by atoms with van der Waals surface area (Å²) in [6.07, 6.45) is 6.52. The number of aromatic hydroxyl groups is 1. The van der Waals surface area contributed by atoms with Gasteiger partial charge in [-0.1, -0.05) is 24.3 Å². The fourth-order valence-corrected chi connectivity index (χ4v) is 3.59. The Balaban J connectivity index is 1.86. The number of ketones is 1. The number of hydrogen-bond acceptors (Lipinski definition) is 8. The van der Waals surface area contributed by atoms with Gasteiger partial charge in [0.15, 0.2) is 28.8 Å². The predicted octanol–water partition coefficient (Wildman–Crippen LogP) is 5.41. The monoisotopic (exact) mass is 491 g/mol. The summed E-state index contributed by atoms with van der Waals surface area (Å²) < 4.78 is 26.7. The minimum absolute atomic E-state index is 0.0588. The zero-order chi connectivity index (χ0) is 26.1. The first-order chi connectivity index (χ1) is 17.4. The van der Waals surface area contributed by atoms with E-state index in [4.69, 9.17) is 23.7 Å². The van der Waals surface area contributed by atoms with E-state index < -0.39 is 0 Å². The van der Waals surface area contributed by atoms with Crippen LogP contribution in [0.4, 0.5) is 5.69 Å². The molecule has 0 unspecified atom stereocenters. The summed E-state index contributed by atoms with van der Waals surface area (Å²) in [6.45, 7) is 0. The molecule has 0 fully saturated rings. The lowest BCUT2D eigenvalue weighted by molar-refractivity contribution is 0.104. The number of ether oxygens (including phenoxy) is 5. The number of carbonyl (C=O) groups excluding carboxylic acids is 1. The normalized spacial score (nSPS) is 10.9. The highest BCUT2D eigenvalue weighted by atomic mass is 16.5. The van der Waals surface area contributed by atoms with Crippen molar-refractivity contribution in [3.63, 3.8) is 0 Å². The van der Waals surface area contributed by atoms with E-state index in [9.17, 15) is 9.90 Å². The smallest absolute Gasteiger partial charge is 0.203 e. The molecular weight excluding hydrogens is 462 g/mol. The Morgan fingerprint density at radius 1 is 0.750 bits per heavy atom. The maximum atomic E-state index is 12.6. The van der Waals surface area contributed by atoms with Gasteiger partial charge >= 0.3 is 0 Å². The zero-order valence-corrected chi connectivity index (χ0v) is 20.8. The highest BCUT2D eigenvalue weighted by molar-refractivity contribution is 6.06. The highest BCUT2D eigenvalue weighted by Gasteiger charge is 2.13. The molecule has 188 valence electrons. The summed E-state index contributed by atoms with van der Waals surface area (Å²) in [6, 6.07) is 13.9. The third-order valence-corrected chi connectivity index (χ3v) is 5.30. The van der Waals surface area contributed by atoms with Gasteiger partial charge in [0.2, 0.25) is 5.75 Å². The van der Waals surface area contributed by atoms with Crippen molar-refractivity contribution in [1.29, 1.82) is 0 Å². The minimum atomic E-state index is -0.235. The Morgan fingerprint density at radius 3 is 1.92 bits per heavy atom. The fourth-order valence-electron chi connectivity index (χ4n) is 3.59. The zero-order valence-electron chi connectivity index (χ0n) is 20.8. The maximum absolute atomic E-state index is 12.6. The average Bonchev–Trinajstić information content (AvgIpc) is 2.90. The molecule has 36 heavy (non-hydrogen) atoms. The number of phenolic OH excluding ortho intramolecular Hbond substituents is 1. The Labute approximate surface area is 210 Å². The van der Waals surface area contributed by atoms with Gasteiger partial charge in [0.1, 0.15) is 5.75 Å². The average molecular weight is 492 g/mol. The second kappa shape index (κ2) is 12.2. The van der Waals surface area contributed by atoms with Crippen molar-refractivity contribution in [2.45, 2.75) is 0 Å². The van der Waals surface area contributed by atoms with Gasteiger partial charge in [-0.05, 0) is 47.5 Å². The van der Waals surface area contributed by atoms with E-state index in [0.717, 1.165) is 5.56 Å². The van der Waals surface area contributed by atoms with Gasteiger partial charge in [-0.2, -0.15) is 0 Å². The molecule has 0 aliphatic carbocycles. The highest BCUT2D eigenvalue weighted by Crippen LogP contribution is 2.39. The van der Waals surface area contributed by atoms with E-state index in [-0.39, 0.29) is 17.3 Å². The Morgan fingerprint density at radius 2 is 1.33 bits per heavy atom. The number of allylic oxidation sites excluding steroid dienone is 1. The summed E-state index contributed by atoms with van der Waals surface area (Å²) in [7, 11) is 7.61. The third-order valence-electron chi connectivity index (χ3n) is 5.30. The van der Waals surface area contributed by atoms with Crippen molar-refractivity contribution in [2.75, 3.05) is 40.9 Å². The molecular formula is C28H29NO7. The molecule has 0 spiro atoms. The minimum Gasteiger partial charge on any atom is -0.504 e. The lowest BCUT2D eigenvalue weighted by atomic mass is 10.1. The molecule has 8 heteroatoms. The quantitative estimate of drug-likeness (QED) is 0.209. The molecule has 0 saturated carbocycles. The molecule has 0 aliphatic rings. The first-order valence-electron chi connectivity index (χ1n) is 10.9. The van der Waals surface area contributed by atoms with Crippen LogP contribution in [0.2, 0.25) is 0 Å². The van der Waals surface area contributed by atoms with Crippen LogP contribution in [0, 0.1) is 0 Å². The molecule has 0 radical (unpaired) electrons. The molecule has 8 nitrogen and oxygen atoms in total. The van der Waals surface area contributed by atoms with Gasteiger partial charge in [0.25, 0.3) is 0 Å². The molecule has 0 aromatic heterocycles. The second-order valence-electron chi connectivity index (χ2n) is 7.46. The molecule has 3 aromatic carbocycles. The van der Waals surface area contributed by atoms with Crippen molar-refractivity contribution in [3.8, 4) is 34.5 Å². The van der Waals surface area contributed by atoms with Gasteiger partial charge in [-0.15, -0.1) is 0 Å². The summed E-state index contributed by atoms with van der Waals surface area (Å²) in [5, 5.41) is 13.5. The summed E-state index contributed by atoms with van der Waals surface area (Å²) in [5.41, 5.74) is 2.41. The Hall–Kier alpha value is -4.59. The Kier molecular flexibility index (Phi) is 8.83. The van der Waals surface area contributed by atoms with Crippen molar-refractivity contribution >= 4 is 23.6 Å². The topological polar surface area (TPSA) is 95.5 Å². The number of hydrogen-bond donors (Lipinski definition) is 2. The van der Waals surface area contributed by atoms with Crippen molar-refractivity contribution < 1.29 is 33.6 Å². The van der Waals surface area contributed by atoms with Crippen molar-refractivity contribution in [3.05, 3.63) is 77.5 Å². The maximum Gasteiger partial charge on any atom is 0.203 e. The van der Waals surface area contributed by atoms with Crippen molar-refractivity contribution in [2.24, 2.45) is 0 Å². The molecule has 0 atom stereocenters. The van der Waals surface area contributed by atoms with E-state index in [1.807, 2.05) is 24.3 Å². The number of phenols is 1. The van der Waals surface area contributed by atoms with E-state index >= 15 is 0 Å². The summed E-state index contributed by atoms with van der Waals surface area (Å²) in [5.74, 6) is 2.00. The van der Waals surface area contributed by atoms with E-state index in [2.05, 4.69) is 5.32 Å². The van der Waals surface area contributed by atoms with Gasteiger partial charge in [0.05, 0.1) is 46.8 Å². The first kappa shape index (κ1) is 26.0. The SMILES string of the molecule is COc1ccccc1C(=O)/C=C\Nc1cc(/C=C\c2cc(OC)c(OC)c(OC)c2)cc(O)c1OC. The number of carbonyl (C=O) groups is 1. The number of anilines is 1. The van der Waals surface area contributed by atoms with Gasteiger partial charge < -0.3 is 34.1 Å². The number of nitrogens with one attached hydrogen (secondary N) is 1.